The van der Waals surface area contributed by atoms with Gasteiger partial charge in [-0.05, 0) is 31.8 Å². The van der Waals surface area contributed by atoms with Crippen molar-refractivity contribution in [3.63, 3.8) is 0 Å². The lowest BCUT2D eigenvalue weighted by molar-refractivity contribution is -0.139. The minimum Gasteiger partial charge on any atom is -0.377 e. The Morgan fingerprint density at radius 3 is 2.60 bits per heavy atom. The second-order valence-corrected chi connectivity index (χ2v) is 6.47. The molecule has 1 N–H and O–H groups in total. The largest absolute Gasteiger partial charge is 0.377 e. The zero-order valence-corrected chi connectivity index (χ0v) is 12.5. The maximum absolute atomic E-state index is 12.4. The van der Waals surface area contributed by atoms with Gasteiger partial charge in [0.2, 0.25) is 5.91 Å². The van der Waals surface area contributed by atoms with Crippen molar-refractivity contribution in [2.45, 2.75) is 25.9 Å². The third-order valence-corrected chi connectivity index (χ3v) is 5.08. The smallest absolute Gasteiger partial charge is 0.225 e. The number of nitrogens with one attached hydrogen (secondary N) is 1. The minimum atomic E-state index is 0.181. The van der Waals surface area contributed by atoms with Gasteiger partial charge in [-0.15, -0.1) is 0 Å². The first-order valence-corrected chi connectivity index (χ1v) is 8.07. The van der Waals surface area contributed by atoms with Gasteiger partial charge in [-0.1, -0.05) is 6.92 Å². The number of hydrogen-bond acceptors (Lipinski definition) is 4. The van der Waals surface area contributed by atoms with Crippen LogP contribution >= 0.6 is 0 Å². The summed E-state index contributed by atoms with van der Waals surface area (Å²) >= 11 is 0. The lowest BCUT2D eigenvalue weighted by Gasteiger charge is -2.39. The van der Waals surface area contributed by atoms with Crippen LogP contribution < -0.4 is 5.32 Å². The molecule has 20 heavy (non-hydrogen) atoms. The Morgan fingerprint density at radius 1 is 1.30 bits per heavy atom. The summed E-state index contributed by atoms with van der Waals surface area (Å²) in [5.74, 6) is 1.08. The summed E-state index contributed by atoms with van der Waals surface area (Å²) in [5.41, 5.74) is 0. The number of carbonyl (C=O) groups excluding carboxylic acids is 1. The molecule has 5 nitrogen and oxygen atoms in total. The molecule has 1 amide bonds. The van der Waals surface area contributed by atoms with Crippen LogP contribution in [0.4, 0.5) is 0 Å². The van der Waals surface area contributed by atoms with Gasteiger partial charge < -0.3 is 15.0 Å². The third-order valence-electron chi connectivity index (χ3n) is 5.08. The normalized spacial score (nSPS) is 30.2. The van der Waals surface area contributed by atoms with E-state index >= 15 is 0 Å². The van der Waals surface area contributed by atoms with Gasteiger partial charge in [0.05, 0.1) is 6.10 Å². The van der Waals surface area contributed by atoms with Crippen molar-refractivity contribution < 1.29 is 9.53 Å². The van der Waals surface area contributed by atoms with Crippen LogP contribution in [0.1, 0.15) is 19.8 Å². The molecule has 3 rings (SSSR count). The fourth-order valence-electron chi connectivity index (χ4n) is 3.38. The molecule has 2 unspecified atom stereocenters. The Hall–Kier alpha value is -0.650. The Morgan fingerprint density at radius 2 is 2.05 bits per heavy atom. The molecule has 0 aromatic carbocycles. The lowest BCUT2D eigenvalue weighted by Crippen LogP contribution is -2.55. The number of piperazine rings is 1. The third kappa shape index (κ3) is 3.15. The lowest BCUT2D eigenvalue weighted by atomic mass is 9.88. The van der Waals surface area contributed by atoms with Gasteiger partial charge in [-0.3, -0.25) is 9.69 Å². The van der Waals surface area contributed by atoms with Gasteiger partial charge >= 0.3 is 0 Å². The van der Waals surface area contributed by atoms with E-state index in [1.54, 1.807) is 0 Å². The molecule has 0 spiro atoms. The van der Waals surface area contributed by atoms with Crippen molar-refractivity contribution in [2.75, 3.05) is 52.4 Å². The Balaban J connectivity index is 1.41. The van der Waals surface area contributed by atoms with Crippen LogP contribution in [-0.2, 0) is 9.53 Å². The molecule has 114 valence electrons. The van der Waals surface area contributed by atoms with Gasteiger partial charge in [0.25, 0.3) is 0 Å². The van der Waals surface area contributed by atoms with Crippen LogP contribution in [0, 0.1) is 11.8 Å². The van der Waals surface area contributed by atoms with Crippen LogP contribution in [0.5, 0.6) is 0 Å². The fraction of sp³-hybridized carbons (Fsp3) is 0.933. The van der Waals surface area contributed by atoms with Gasteiger partial charge in [-0.25, -0.2) is 0 Å². The minimum absolute atomic E-state index is 0.181. The number of ether oxygens (including phenoxy) is 1. The first kappa shape index (κ1) is 14.3. The van der Waals surface area contributed by atoms with Crippen LogP contribution in [0.3, 0.4) is 0 Å². The maximum atomic E-state index is 12.4. The van der Waals surface area contributed by atoms with Crippen molar-refractivity contribution in [1.29, 1.82) is 0 Å². The van der Waals surface area contributed by atoms with Gasteiger partial charge in [0.1, 0.15) is 0 Å². The van der Waals surface area contributed by atoms with Crippen molar-refractivity contribution >= 4 is 5.91 Å². The number of nitrogens with zero attached hydrogens (tertiary/aromatic N) is 2. The topological polar surface area (TPSA) is 44.8 Å². The predicted octanol–water partition coefficient (Wildman–Crippen LogP) is 0.165. The molecule has 0 radical (unpaired) electrons. The highest BCUT2D eigenvalue weighted by Crippen LogP contribution is 2.20. The number of carbonyl (C=O) groups is 1. The highest BCUT2D eigenvalue weighted by Gasteiger charge is 2.33. The first-order chi connectivity index (χ1) is 9.74. The molecule has 0 aromatic heterocycles. The molecule has 3 fully saturated rings. The van der Waals surface area contributed by atoms with E-state index in [9.17, 15) is 4.79 Å². The van der Waals surface area contributed by atoms with Crippen LogP contribution in [-0.4, -0.2) is 74.2 Å². The molecule has 0 aromatic rings. The molecular formula is C15H27N3O2. The second-order valence-electron chi connectivity index (χ2n) is 6.47. The van der Waals surface area contributed by atoms with Crippen molar-refractivity contribution in [2.24, 2.45) is 11.8 Å². The van der Waals surface area contributed by atoms with Gasteiger partial charge in [0, 0.05) is 45.2 Å². The molecule has 0 bridgehead atoms. The summed E-state index contributed by atoms with van der Waals surface area (Å²) in [6.45, 7) is 9.85. The Bertz CT molecular complexity index is 332. The number of rotatable bonds is 4. The quantitative estimate of drug-likeness (QED) is 0.798. The standard InChI is InChI=1S/C15H27N3O2/c1-12(13-9-16-10-13)15(19)18-6-4-17(5-7-18)11-14-3-2-8-20-14/h12-14,16H,2-11H2,1H3. The molecule has 3 heterocycles. The van der Waals surface area contributed by atoms with E-state index in [2.05, 4.69) is 22.0 Å². The van der Waals surface area contributed by atoms with E-state index < -0.39 is 0 Å². The fourth-order valence-corrected chi connectivity index (χ4v) is 3.38. The second kappa shape index (κ2) is 6.41. The van der Waals surface area contributed by atoms with Crippen molar-refractivity contribution in [3.05, 3.63) is 0 Å². The van der Waals surface area contributed by atoms with Crippen molar-refractivity contribution in [3.8, 4) is 0 Å². The van der Waals surface area contributed by atoms with Gasteiger partial charge in [-0.2, -0.15) is 0 Å². The summed E-state index contributed by atoms with van der Waals surface area (Å²) in [7, 11) is 0. The van der Waals surface area contributed by atoms with E-state index in [0.29, 0.717) is 17.9 Å². The van der Waals surface area contributed by atoms with E-state index in [0.717, 1.165) is 52.4 Å². The van der Waals surface area contributed by atoms with Crippen LogP contribution in [0.2, 0.25) is 0 Å². The zero-order valence-electron chi connectivity index (χ0n) is 12.5. The zero-order chi connectivity index (χ0) is 13.9. The molecule has 2 atom stereocenters. The summed E-state index contributed by atoms with van der Waals surface area (Å²) in [4.78, 5) is 17.0. The van der Waals surface area contributed by atoms with E-state index in [1.807, 2.05) is 0 Å². The van der Waals surface area contributed by atoms with Gasteiger partial charge in [0.15, 0.2) is 0 Å². The molecule has 3 aliphatic heterocycles. The molecular weight excluding hydrogens is 254 g/mol. The average Bonchev–Trinajstić information content (AvgIpc) is 2.89. The highest BCUT2D eigenvalue weighted by atomic mass is 16.5. The molecule has 3 aliphatic rings. The summed E-state index contributed by atoms with van der Waals surface area (Å²) in [6.07, 6.45) is 2.83. The van der Waals surface area contributed by atoms with E-state index in [-0.39, 0.29) is 5.92 Å². The van der Waals surface area contributed by atoms with Crippen molar-refractivity contribution in [1.82, 2.24) is 15.1 Å². The summed E-state index contributed by atoms with van der Waals surface area (Å²) in [5, 5.41) is 3.25. The monoisotopic (exact) mass is 281 g/mol. The molecule has 5 heteroatoms. The average molecular weight is 281 g/mol. The van der Waals surface area contributed by atoms with Crippen LogP contribution in [0.15, 0.2) is 0 Å². The summed E-state index contributed by atoms with van der Waals surface area (Å²) in [6, 6.07) is 0. The molecule has 0 saturated carbocycles. The van der Waals surface area contributed by atoms with Crippen LogP contribution in [0.25, 0.3) is 0 Å². The Kier molecular flexibility index (Phi) is 4.58. The highest BCUT2D eigenvalue weighted by molar-refractivity contribution is 5.79. The SMILES string of the molecule is CC(C(=O)N1CCN(CC2CCCO2)CC1)C1CNC1. The summed E-state index contributed by atoms with van der Waals surface area (Å²) < 4.78 is 5.69. The first-order valence-electron chi connectivity index (χ1n) is 8.07. The number of amides is 1. The predicted molar refractivity (Wildman–Crippen MR) is 77.5 cm³/mol. The molecule has 0 aliphatic carbocycles. The Labute approximate surface area is 121 Å². The van der Waals surface area contributed by atoms with E-state index in [4.69, 9.17) is 4.74 Å². The number of hydrogen-bond donors (Lipinski definition) is 1. The maximum Gasteiger partial charge on any atom is 0.225 e. The molecule has 3 saturated heterocycles. The van der Waals surface area contributed by atoms with E-state index in [1.165, 1.54) is 12.8 Å².